The number of nitrogens with two attached hydrogens (primary N) is 1. The van der Waals surface area contributed by atoms with E-state index in [1.807, 2.05) is 0 Å². The van der Waals surface area contributed by atoms with E-state index in [1.54, 1.807) is 24.3 Å². The van der Waals surface area contributed by atoms with Crippen LogP contribution in [0.1, 0.15) is 19.8 Å². The molecule has 36 heavy (non-hydrogen) atoms. The second-order valence-corrected chi connectivity index (χ2v) is 8.42. The van der Waals surface area contributed by atoms with Gasteiger partial charge < -0.3 is 30.3 Å². The van der Waals surface area contributed by atoms with E-state index >= 15 is 0 Å². The molecule has 3 rings (SSSR count). The lowest BCUT2D eigenvalue weighted by molar-refractivity contribution is -0.384. The van der Waals surface area contributed by atoms with Gasteiger partial charge in [-0.25, -0.2) is 4.99 Å². The molecule has 0 bridgehead atoms. The number of ether oxygens (including phenoxy) is 2. The molecular weight excluding hydrogens is 466 g/mol. The Hall–Kier alpha value is -3.00. The number of hydrogen-bond acceptors (Lipinski definition) is 10. The van der Waals surface area contributed by atoms with Gasteiger partial charge in [-0.15, -0.1) is 0 Å². The van der Waals surface area contributed by atoms with Crippen molar-refractivity contribution in [3.8, 4) is 0 Å². The van der Waals surface area contributed by atoms with E-state index < -0.39 is 0 Å². The van der Waals surface area contributed by atoms with Crippen molar-refractivity contribution in [3.05, 3.63) is 34.4 Å². The molecule has 1 aromatic carbocycles. The maximum Gasteiger partial charge on any atom is 0.269 e. The summed E-state index contributed by atoms with van der Waals surface area (Å²) in [4.78, 5) is 24.4. The molecule has 1 aromatic rings. The summed E-state index contributed by atoms with van der Waals surface area (Å²) in [5.41, 5.74) is 6.48. The average molecular weight is 506 g/mol. The molecule has 200 valence electrons. The number of rotatable bonds is 14. The maximum absolute atomic E-state index is 10.9. The summed E-state index contributed by atoms with van der Waals surface area (Å²) in [6, 6.07) is 6.71. The molecular formula is C23H39N9O4. The zero-order valence-electron chi connectivity index (χ0n) is 21.0. The number of nitrogens with one attached hydrogen (secondary N) is 3. The predicted octanol–water partition coefficient (Wildman–Crippen LogP) is 0.287. The Labute approximate surface area is 212 Å². The highest BCUT2D eigenvalue weighted by Gasteiger charge is 2.25. The molecule has 1 saturated heterocycles. The van der Waals surface area contributed by atoms with E-state index in [0.717, 1.165) is 57.2 Å². The van der Waals surface area contributed by atoms with Gasteiger partial charge >= 0.3 is 0 Å². The Morgan fingerprint density at radius 3 is 2.50 bits per heavy atom. The van der Waals surface area contributed by atoms with Crippen molar-refractivity contribution in [1.82, 2.24) is 20.9 Å². The van der Waals surface area contributed by atoms with E-state index in [-0.39, 0.29) is 16.9 Å². The van der Waals surface area contributed by atoms with Crippen LogP contribution in [0.25, 0.3) is 0 Å². The third-order valence-corrected chi connectivity index (χ3v) is 5.77. The first-order valence-corrected chi connectivity index (χ1v) is 12.6. The zero-order chi connectivity index (χ0) is 25.6. The summed E-state index contributed by atoms with van der Waals surface area (Å²) in [5.74, 6) is 1.44. The van der Waals surface area contributed by atoms with Crippen molar-refractivity contribution in [3.63, 3.8) is 0 Å². The standard InChI is InChI=1S/C23H39N9O4/c1-2-3-9-25-21-27-22(26-10-16-36-18-17-35-15-8-24)29-23(28-21)31-13-11-30(12-14-31)19-4-6-20(7-5-19)32(33)34/h4-7,21,25H,2-3,8-18,24H2,1H3,(H2,26,27,28,29). The second-order valence-electron chi connectivity index (χ2n) is 8.42. The van der Waals surface area contributed by atoms with E-state index in [1.165, 1.54) is 0 Å². The summed E-state index contributed by atoms with van der Waals surface area (Å²) in [5, 5.41) is 21.0. The van der Waals surface area contributed by atoms with Crippen molar-refractivity contribution in [2.24, 2.45) is 15.7 Å². The predicted molar refractivity (Wildman–Crippen MR) is 140 cm³/mol. The van der Waals surface area contributed by atoms with Gasteiger partial charge in [0.1, 0.15) is 0 Å². The van der Waals surface area contributed by atoms with Crippen LogP contribution < -0.4 is 26.6 Å². The summed E-state index contributed by atoms with van der Waals surface area (Å²) in [7, 11) is 0. The first-order chi connectivity index (χ1) is 17.6. The quantitative estimate of drug-likeness (QED) is 0.157. The lowest BCUT2D eigenvalue weighted by Gasteiger charge is -2.39. The van der Waals surface area contributed by atoms with Crippen LogP contribution >= 0.6 is 0 Å². The molecule has 0 radical (unpaired) electrons. The fraction of sp³-hybridized carbons (Fsp3) is 0.652. The van der Waals surface area contributed by atoms with Crippen molar-refractivity contribution in [2.75, 3.05) is 77.1 Å². The van der Waals surface area contributed by atoms with Gasteiger partial charge in [0.2, 0.25) is 11.9 Å². The Kier molecular flexibility index (Phi) is 11.6. The van der Waals surface area contributed by atoms with Gasteiger partial charge in [0, 0.05) is 50.5 Å². The summed E-state index contributed by atoms with van der Waals surface area (Å²) < 4.78 is 10.9. The van der Waals surface area contributed by atoms with Crippen molar-refractivity contribution in [1.29, 1.82) is 0 Å². The Balaban J connectivity index is 1.52. The molecule has 1 unspecified atom stereocenters. The maximum atomic E-state index is 10.9. The zero-order valence-corrected chi connectivity index (χ0v) is 21.0. The van der Waals surface area contributed by atoms with Crippen LogP contribution in [0.4, 0.5) is 11.4 Å². The number of piperazine rings is 1. The molecule has 13 heteroatoms. The highest BCUT2D eigenvalue weighted by Crippen LogP contribution is 2.20. The number of nitro groups is 1. The van der Waals surface area contributed by atoms with Crippen LogP contribution in [0.15, 0.2) is 34.3 Å². The Morgan fingerprint density at radius 1 is 1.14 bits per heavy atom. The van der Waals surface area contributed by atoms with Gasteiger partial charge in [-0.05, 0) is 25.1 Å². The van der Waals surface area contributed by atoms with Gasteiger partial charge in [0.25, 0.3) is 5.69 Å². The van der Waals surface area contributed by atoms with Crippen LogP contribution in [-0.2, 0) is 9.47 Å². The number of aliphatic imine (C=N–C) groups is 2. The fourth-order valence-electron chi connectivity index (χ4n) is 3.81. The van der Waals surface area contributed by atoms with Gasteiger partial charge in [0.05, 0.1) is 37.9 Å². The lowest BCUT2D eigenvalue weighted by Crippen LogP contribution is -2.62. The van der Waals surface area contributed by atoms with Crippen molar-refractivity contribution >= 4 is 23.3 Å². The number of unbranched alkanes of at least 4 members (excludes halogenated alkanes) is 1. The molecule has 0 aromatic heterocycles. The molecule has 2 aliphatic rings. The minimum Gasteiger partial charge on any atom is -0.378 e. The largest absolute Gasteiger partial charge is 0.378 e. The second kappa shape index (κ2) is 15.2. The lowest BCUT2D eigenvalue weighted by atomic mass is 10.2. The third kappa shape index (κ3) is 8.90. The fourth-order valence-corrected chi connectivity index (χ4v) is 3.81. The van der Waals surface area contributed by atoms with Crippen LogP contribution in [0.5, 0.6) is 0 Å². The summed E-state index contributed by atoms with van der Waals surface area (Å²) >= 11 is 0. The smallest absolute Gasteiger partial charge is 0.269 e. The number of anilines is 1. The third-order valence-electron chi connectivity index (χ3n) is 5.77. The highest BCUT2D eigenvalue weighted by atomic mass is 16.6. The SMILES string of the molecule is CCCCNC1N=C(N2CCN(c3ccc([N+](=O)[O-])cc3)CC2)NC(=NCCOCCOCCN)N1. The van der Waals surface area contributed by atoms with Crippen molar-refractivity contribution in [2.45, 2.75) is 26.1 Å². The molecule has 1 fully saturated rings. The molecule has 0 spiro atoms. The first kappa shape index (κ1) is 27.6. The molecule has 0 saturated carbocycles. The Bertz CT molecular complexity index is 858. The molecule has 0 amide bonds. The number of benzene rings is 1. The van der Waals surface area contributed by atoms with E-state index in [0.29, 0.717) is 45.5 Å². The van der Waals surface area contributed by atoms with Gasteiger partial charge in [-0.3, -0.25) is 25.7 Å². The number of hydrogen-bond donors (Lipinski definition) is 4. The highest BCUT2D eigenvalue weighted by molar-refractivity contribution is 6.00. The molecule has 2 heterocycles. The normalized spacial score (nSPS) is 19.1. The van der Waals surface area contributed by atoms with Crippen molar-refractivity contribution < 1.29 is 14.4 Å². The molecule has 1 atom stereocenters. The van der Waals surface area contributed by atoms with Crippen LogP contribution in [0.3, 0.4) is 0 Å². The van der Waals surface area contributed by atoms with Gasteiger partial charge in [0.15, 0.2) is 6.29 Å². The minimum atomic E-state index is -0.378. The van der Waals surface area contributed by atoms with Gasteiger partial charge in [-0.1, -0.05) is 13.3 Å². The van der Waals surface area contributed by atoms with E-state index in [4.69, 9.17) is 20.2 Å². The molecule has 13 nitrogen and oxygen atoms in total. The van der Waals surface area contributed by atoms with Crippen LogP contribution in [0.2, 0.25) is 0 Å². The van der Waals surface area contributed by atoms with Crippen LogP contribution in [0, 0.1) is 10.1 Å². The number of nitro benzene ring substituents is 1. The number of non-ortho nitro benzene ring substituents is 1. The molecule has 5 N–H and O–H groups in total. The average Bonchev–Trinajstić information content (AvgIpc) is 2.90. The number of guanidine groups is 2. The topological polar surface area (TPSA) is 155 Å². The minimum absolute atomic E-state index is 0.101. The number of nitrogens with zero attached hydrogens (tertiary/aromatic N) is 5. The Morgan fingerprint density at radius 2 is 1.83 bits per heavy atom. The van der Waals surface area contributed by atoms with E-state index in [2.05, 4.69) is 37.7 Å². The summed E-state index contributed by atoms with van der Waals surface area (Å²) in [6.45, 7) is 9.21. The van der Waals surface area contributed by atoms with Gasteiger partial charge in [-0.2, -0.15) is 0 Å². The molecule has 2 aliphatic heterocycles. The summed E-state index contributed by atoms with van der Waals surface area (Å²) in [6.07, 6.45) is 1.91. The molecule has 0 aliphatic carbocycles. The van der Waals surface area contributed by atoms with Crippen LogP contribution in [-0.4, -0.2) is 100 Å². The first-order valence-electron chi connectivity index (χ1n) is 12.6. The van der Waals surface area contributed by atoms with E-state index in [9.17, 15) is 10.1 Å². The monoisotopic (exact) mass is 505 g/mol.